The summed E-state index contributed by atoms with van der Waals surface area (Å²) >= 11 is 0. The molecular weight excluding hydrogens is 556 g/mol. The Hall–Kier alpha value is -5.99. The van der Waals surface area contributed by atoms with Crippen molar-refractivity contribution < 1.29 is 13.9 Å². The molecule has 0 fully saturated rings. The van der Waals surface area contributed by atoms with Crippen molar-refractivity contribution in [2.24, 2.45) is 0 Å². The normalized spacial score (nSPS) is 13.6. The van der Waals surface area contributed by atoms with Crippen LogP contribution in [-0.2, 0) is 0 Å². The van der Waals surface area contributed by atoms with Gasteiger partial charge >= 0.3 is 0 Å². The minimum atomic E-state index is -0.894. The number of benzene rings is 6. The fraction of sp³-hybridized carbons (Fsp3) is 0.0750. The molecule has 3 heterocycles. The summed E-state index contributed by atoms with van der Waals surface area (Å²) in [7, 11) is 0. The van der Waals surface area contributed by atoms with Gasteiger partial charge < -0.3 is 18.5 Å². The molecule has 2 aromatic heterocycles. The summed E-state index contributed by atoms with van der Waals surface area (Å²) in [6.45, 7) is 3.88. The Morgan fingerprint density at radius 2 is 1.38 bits per heavy atom. The van der Waals surface area contributed by atoms with Gasteiger partial charge in [0.15, 0.2) is 0 Å². The number of aromatic nitrogens is 1. The van der Waals surface area contributed by atoms with Crippen molar-refractivity contribution in [3.8, 4) is 45.5 Å². The third kappa shape index (κ3) is 3.86. The van der Waals surface area contributed by atoms with Crippen LogP contribution in [0.4, 0.5) is 0 Å². The van der Waals surface area contributed by atoms with Gasteiger partial charge in [0.25, 0.3) is 0 Å². The molecule has 6 aromatic carbocycles. The molecule has 0 bridgehead atoms. The summed E-state index contributed by atoms with van der Waals surface area (Å²) in [6.07, 6.45) is 0. The van der Waals surface area contributed by atoms with Crippen LogP contribution in [0.5, 0.6) is 11.5 Å². The molecule has 0 spiro atoms. The van der Waals surface area contributed by atoms with E-state index in [1.807, 2.05) is 80.6 Å². The molecule has 8 aromatic rings. The highest BCUT2D eigenvalue weighted by Gasteiger charge is 2.30. The van der Waals surface area contributed by atoms with E-state index in [9.17, 15) is 5.26 Å². The Bertz CT molecular complexity index is 2540. The lowest BCUT2D eigenvalue weighted by Crippen LogP contribution is -2.34. The molecular formula is C40H26N2O3. The molecule has 0 atom stereocenters. The van der Waals surface area contributed by atoms with Crippen LogP contribution in [0, 0.1) is 11.3 Å². The van der Waals surface area contributed by atoms with Crippen molar-refractivity contribution in [3.05, 3.63) is 127 Å². The monoisotopic (exact) mass is 582 g/mol. The first kappa shape index (κ1) is 25.5. The number of hydrogen-bond acceptors (Lipinski definition) is 4. The summed E-state index contributed by atoms with van der Waals surface area (Å²) in [5, 5.41) is 13.9. The van der Waals surface area contributed by atoms with Gasteiger partial charge in [0.2, 0.25) is 5.79 Å². The van der Waals surface area contributed by atoms with Gasteiger partial charge in [0.1, 0.15) is 22.7 Å². The average molecular weight is 583 g/mol. The van der Waals surface area contributed by atoms with Crippen molar-refractivity contribution in [2.45, 2.75) is 19.6 Å². The van der Waals surface area contributed by atoms with Gasteiger partial charge in [-0.15, -0.1) is 0 Å². The molecule has 9 rings (SSSR count). The van der Waals surface area contributed by atoms with Crippen molar-refractivity contribution >= 4 is 43.7 Å². The van der Waals surface area contributed by atoms with Crippen molar-refractivity contribution in [1.82, 2.24) is 4.57 Å². The standard InChI is InChI=1S/C40H26N2O3/c1-40(2)44-36-19-16-26(42-33-11-5-3-8-28(33)31-20-24(23-41)14-18-34(31)42)22-32(36)29-17-15-25(21-38(29)45-40)27-10-7-13-37-39(27)30-9-4-6-12-35(30)43-37/h3-22H,1-2H3. The Kier molecular flexibility index (Phi) is 5.24. The molecule has 5 heteroatoms. The van der Waals surface area contributed by atoms with Crippen LogP contribution < -0.4 is 9.47 Å². The van der Waals surface area contributed by atoms with Gasteiger partial charge in [-0.2, -0.15) is 5.26 Å². The van der Waals surface area contributed by atoms with E-state index in [0.717, 1.165) is 83.2 Å². The summed E-state index contributed by atoms with van der Waals surface area (Å²) in [5.74, 6) is 0.611. The molecule has 0 N–H and O–H groups in total. The molecule has 5 nitrogen and oxygen atoms in total. The first-order valence-electron chi connectivity index (χ1n) is 15.0. The number of fused-ring (bicyclic) bond motifs is 9. The van der Waals surface area contributed by atoms with E-state index in [1.54, 1.807) is 0 Å². The van der Waals surface area contributed by atoms with Crippen LogP contribution in [0.2, 0.25) is 0 Å². The SMILES string of the molecule is CC1(C)Oc2cc(-c3cccc4oc5ccccc5c34)ccc2-c2cc(-n3c4ccccc4c4cc(C#N)ccc43)ccc2O1. The van der Waals surface area contributed by atoms with Crippen molar-refractivity contribution in [3.63, 3.8) is 0 Å². The zero-order valence-corrected chi connectivity index (χ0v) is 24.7. The van der Waals surface area contributed by atoms with Crippen LogP contribution in [0.3, 0.4) is 0 Å². The van der Waals surface area contributed by atoms with E-state index < -0.39 is 5.79 Å². The van der Waals surface area contributed by atoms with E-state index in [1.165, 1.54) is 0 Å². The lowest BCUT2D eigenvalue weighted by Gasteiger charge is -2.26. The van der Waals surface area contributed by atoms with E-state index in [-0.39, 0.29) is 0 Å². The van der Waals surface area contributed by atoms with Crippen LogP contribution >= 0.6 is 0 Å². The van der Waals surface area contributed by atoms with Crippen LogP contribution in [0.15, 0.2) is 126 Å². The molecule has 0 radical (unpaired) electrons. The highest BCUT2D eigenvalue weighted by molar-refractivity contribution is 6.13. The minimum absolute atomic E-state index is 0.643. The molecule has 0 amide bonds. The zero-order valence-electron chi connectivity index (χ0n) is 24.7. The lowest BCUT2D eigenvalue weighted by atomic mass is 9.95. The maximum absolute atomic E-state index is 9.58. The minimum Gasteiger partial charge on any atom is -0.456 e. The van der Waals surface area contributed by atoms with Gasteiger partial charge in [0, 0.05) is 52.2 Å². The van der Waals surface area contributed by atoms with Gasteiger partial charge in [0.05, 0.1) is 22.7 Å². The summed E-state index contributed by atoms with van der Waals surface area (Å²) in [5.41, 5.74) is 9.51. The average Bonchev–Trinajstić information content (AvgIpc) is 3.57. The Balaban J connectivity index is 1.25. The molecule has 0 saturated heterocycles. The van der Waals surface area contributed by atoms with Crippen LogP contribution in [0.1, 0.15) is 19.4 Å². The van der Waals surface area contributed by atoms with E-state index in [2.05, 4.69) is 65.2 Å². The number of nitrogens with zero attached hydrogens (tertiary/aromatic N) is 2. The van der Waals surface area contributed by atoms with Crippen molar-refractivity contribution in [2.75, 3.05) is 0 Å². The second kappa shape index (κ2) is 9.25. The number of para-hydroxylation sites is 2. The molecule has 0 saturated carbocycles. The van der Waals surface area contributed by atoms with Crippen LogP contribution in [-0.4, -0.2) is 10.4 Å². The predicted molar refractivity (Wildman–Crippen MR) is 179 cm³/mol. The highest BCUT2D eigenvalue weighted by atomic mass is 16.7. The number of nitriles is 1. The quantitative estimate of drug-likeness (QED) is 0.203. The van der Waals surface area contributed by atoms with Gasteiger partial charge in [-0.05, 0) is 77.9 Å². The maximum Gasteiger partial charge on any atom is 0.245 e. The zero-order chi connectivity index (χ0) is 30.3. The van der Waals surface area contributed by atoms with Gasteiger partial charge in [-0.3, -0.25) is 0 Å². The molecule has 45 heavy (non-hydrogen) atoms. The second-order valence-corrected chi connectivity index (χ2v) is 12.0. The number of furan rings is 1. The smallest absolute Gasteiger partial charge is 0.245 e. The molecule has 1 aliphatic rings. The maximum atomic E-state index is 9.58. The van der Waals surface area contributed by atoms with E-state index in [0.29, 0.717) is 5.56 Å². The summed E-state index contributed by atoms with van der Waals surface area (Å²) in [6, 6.07) is 43.5. The predicted octanol–water partition coefficient (Wildman–Crippen LogP) is 10.4. The number of hydrogen-bond donors (Lipinski definition) is 0. The third-order valence-electron chi connectivity index (χ3n) is 8.72. The second-order valence-electron chi connectivity index (χ2n) is 12.0. The number of ether oxygens (including phenoxy) is 2. The first-order valence-corrected chi connectivity index (χ1v) is 15.0. The Labute approximate surface area is 259 Å². The fourth-order valence-corrected chi connectivity index (χ4v) is 6.84. The fourth-order valence-electron chi connectivity index (χ4n) is 6.84. The van der Waals surface area contributed by atoms with Gasteiger partial charge in [-0.25, -0.2) is 0 Å². The molecule has 214 valence electrons. The van der Waals surface area contributed by atoms with Crippen molar-refractivity contribution in [1.29, 1.82) is 5.26 Å². The Morgan fingerprint density at radius 3 is 2.27 bits per heavy atom. The summed E-state index contributed by atoms with van der Waals surface area (Å²) < 4.78 is 21.5. The van der Waals surface area contributed by atoms with Crippen LogP contribution in [0.25, 0.3) is 71.7 Å². The van der Waals surface area contributed by atoms with Gasteiger partial charge in [-0.1, -0.05) is 54.6 Å². The third-order valence-corrected chi connectivity index (χ3v) is 8.72. The van der Waals surface area contributed by atoms with E-state index in [4.69, 9.17) is 13.9 Å². The van der Waals surface area contributed by atoms with E-state index >= 15 is 0 Å². The molecule has 0 aliphatic carbocycles. The largest absolute Gasteiger partial charge is 0.456 e. The number of rotatable bonds is 2. The molecule has 0 unspecified atom stereocenters. The lowest BCUT2D eigenvalue weighted by molar-refractivity contribution is -0.0778. The first-order chi connectivity index (χ1) is 22.0. The summed E-state index contributed by atoms with van der Waals surface area (Å²) in [4.78, 5) is 0. The Morgan fingerprint density at radius 1 is 0.600 bits per heavy atom. The topological polar surface area (TPSA) is 60.3 Å². The molecule has 1 aliphatic heterocycles. The highest BCUT2D eigenvalue weighted by Crippen LogP contribution is 2.47.